The molecule has 186 valence electrons. The van der Waals surface area contributed by atoms with E-state index in [0.717, 1.165) is 37.9 Å². The van der Waals surface area contributed by atoms with Crippen LogP contribution in [0, 0.1) is 12.8 Å². The van der Waals surface area contributed by atoms with Crippen molar-refractivity contribution in [3.8, 4) is 11.5 Å². The van der Waals surface area contributed by atoms with Gasteiger partial charge < -0.3 is 19.1 Å². The summed E-state index contributed by atoms with van der Waals surface area (Å²) in [6.07, 6.45) is 3.13. The van der Waals surface area contributed by atoms with Gasteiger partial charge in [0.2, 0.25) is 0 Å². The molecule has 4 rings (SSSR count). The molecule has 6 nitrogen and oxygen atoms in total. The Labute approximate surface area is 207 Å². The number of pyridine rings is 1. The number of para-hydroxylation sites is 1. The van der Waals surface area contributed by atoms with Crippen LogP contribution in [-0.2, 0) is 17.7 Å². The van der Waals surface area contributed by atoms with E-state index in [-0.39, 0.29) is 11.3 Å². The summed E-state index contributed by atoms with van der Waals surface area (Å²) in [4.78, 5) is 16.1. The Hall–Kier alpha value is -3.09. The van der Waals surface area contributed by atoms with E-state index in [9.17, 15) is 9.90 Å². The van der Waals surface area contributed by atoms with E-state index < -0.39 is 6.04 Å². The van der Waals surface area contributed by atoms with Crippen LogP contribution in [0.25, 0.3) is 0 Å². The number of ether oxygens (including phenoxy) is 2. The van der Waals surface area contributed by atoms with Gasteiger partial charge in [-0.2, -0.15) is 0 Å². The van der Waals surface area contributed by atoms with Crippen molar-refractivity contribution in [1.82, 2.24) is 9.47 Å². The van der Waals surface area contributed by atoms with Crippen LogP contribution in [-0.4, -0.2) is 48.5 Å². The highest BCUT2D eigenvalue weighted by Gasteiger charge is 2.33. The molecular weight excluding hydrogens is 440 g/mol. The molecule has 0 spiro atoms. The standard InChI is InChI=1S/C29H36N2O4/c1-21-19-25(32)27(29(33)31(21)17-18-34-2)28(24-11-7-8-12-26(24)35-3)30-15-13-23(14-16-30)20-22-9-5-4-6-10-22/h4-12,19,23,28,32H,13-18,20H2,1-3H3/t28-/m1/s1. The van der Waals surface area contributed by atoms with Gasteiger partial charge in [0.25, 0.3) is 5.56 Å². The minimum atomic E-state index is -0.397. The minimum absolute atomic E-state index is 0.0310. The van der Waals surface area contributed by atoms with Crippen molar-refractivity contribution in [3.63, 3.8) is 0 Å². The molecule has 0 radical (unpaired) electrons. The Morgan fingerprint density at radius 3 is 2.40 bits per heavy atom. The lowest BCUT2D eigenvalue weighted by atomic mass is 9.87. The lowest BCUT2D eigenvalue weighted by Gasteiger charge is -2.38. The maximum absolute atomic E-state index is 13.8. The van der Waals surface area contributed by atoms with E-state index >= 15 is 0 Å². The van der Waals surface area contributed by atoms with Crippen LogP contribution >= 0.6 is 0 Å². The van der Waals surface area contributed by atoms with Crippen molar-refractivity contribution in [2.24, 2.45) is 5.92 Å². The van der Waals surface area contributed by atoms with Gasteiger partial charge in [0.15, 0.2) is 0 Å². The minimum Gasteiger partial charge on any atom is -0.507 e. The lowest BCUT2D eigenvalue weighted by Crippen LogP contribution is -2.41. The normalized spacial score (nSPS) is 15.7. The number of hydrogen-bond donors (Lipinski definition) is 1. The largest absolute Gasteiger partial charge is 0.507 e. The first-order valence-corrected chi connectivity index (χ1v) is 12.4. The van der Waals surface area contributed by atoms with Gasteiger partial charge in [0.05, 0.1) is 25.3 Å². The molecule has 1 N–H and O–H groups in total. The second kappa shape index (κ2) is 11.6. The van der Waals surface area contributed by atoms with Gasteiger partial charge >= 0.3 is 0 Å². The SMILES string of the molecule is COCCn1c(C)cc(O)c([C@@H](c2ccccc2OC)N2CCC(Cc3ccccc3)CC2)c1=O. The second-order valence-corrected chi connectivity index (χ2v) is 9.35. The van der Waals surface area contributed by atoms with Crippen LogP contribution in [0.4, 0.5) is 0 Å². The smallest absolute Gasteiger partial charge is 0.259 e. The summed E-state index contributed by atoms with van der Waals surface area (Å²) >= 11 is 0. The number of likely N-dealkylation sites (tertiary alicyclic amines) is 1. The highest BCUT2D eigenvalue weighted by atomic mass is 16.5. The van der Waals surface area contributed by atoms with Crippen LogP contribution in [0.2, 0.25) is 0 Å². The highest BCUT2D eigenvalue weighted by Crippen LogP contribution is 2.39. The number of aromatic hydroxyl groups is 1. The van der Waals surface area contributed by atoms with Crippen LogP contribution < -0.4 is 10.3 Å². The van der Waals surface area contributed by atoms with Crippen molar-refractivity contribution in [2.75, 3.05) is 33.9 Å². The average Bonchev–Trinajstić information content (AvgIpc) is 2.87. The fraction of sp³-hybridized carbons (Fsp3) is 0.414. The van der Waals surface area contributed by atoms with Crippen molar-refractivity contribution in [1.29, 1.82) is 0 Å². The van der Waals surface area contributed by atoms with E-state index in [4.69, 9.17) is 9.47 Å². The zero-order valence-corrected chi connectivity index (χ0v) is 20.9. The third-order valence-electron chi connectivity index (χ3n) is 7.13. The third kappa shape index (κ3) is 5.60. The van der Waals surface area contributed by atoms with Crippen molar-refractivity contribution >= 4 is 0 Å². The van der Waals surface area contributed by atoms with Crippen LogP contribution in [0.15, 0.2) is 65.5 Å². The van der Waals surface area contributed by atoms with E-state index in [0.29, 0.717) is 36.1 Å². The quantitative estimate of drug-likeness (QED) is 0.491. The van der Waals surface area contributed by atoms with Gasteiger partial charge in [0.1, 0.15) is 11.5 Å². The summed E-state index contributed by atoms with van der Waals surface area (Å²) in [5.41, 5.74) is 3.20. The van der Waals surface area contributed by atoms with Crippen LogP contribution in [0.1, 0.15) is 41.3 Å². The second-order valence-electron chi connectivity index (χ2n) is 9.35. The summed E-state index contributed by atoms with van der Waals surface area (Å²) in [6.45, 7) is 4.38. The zero-order valence-electron chi connectivity index (χ0n) is 20.9. The molecule has 0 unspecified atom stereocenters. The number of hydrogen-bond acceptors (Lipinski definition) is 5. The number of rotatable bonds is 9. The molecule has 2 aromatic carbocycles. The van der Waals surface area contributed by atoms with Crippen molar-refractivity contribution < 1.29 is 14.6 Å². The van der Waals surface area contributed by atoms with E-state index in [2.05, 4.69) is 35.2 Å². The van der Waals surface area contributed by atoms with Gasteiger partial charge in [-0.15, -0.1) is 0 Å². The molecule has 2 heterocycles. The molecule has 0 amide bonds. The molecular formula is C29H36N2O4. The number of aromatic nitrogens is 1. The first kappa shape index (κ1) is 25.0. The first-order valence-electron chi connectivity index (χ1n) is 12.4. The fourth-order valence-electron chi connectivity index (χ4n) is 5.28. The van der Waals surface area contributed by atoms with Crippen molar-refractivity contribution in [3.05, 3.63) is 93.4 Å². The molecule has 1 aliphatic rings. The Kier molecular flexibility index (Phi) is 8.26. The third-order valence-corrected chi connectivity index (χ3v) is 7.13. The molecule has 0 saturated carbocycles. The maximum Gasteiger partial charge on any atom is 0.259 e. The molecule has 1 atom stereocenters. The average molecular weight is 477 g/mol. The van der Waals surface area contributed by atoms with Gasteiger partial charge in [-0.25, -0.2) is 0 Å². The fourth-order valence-corrected chi connectivity index (χ4v) is 5.28. The molecule has 1 fully saturated rings. The predicted octanol–water partition coefficient (Wildman–Crippen LogP) is 4.56. The summed E-state index contributed by atoms with van der Waals surface area (Å²) in [6, 6.07) is 19.7. The summed E-state index contributed by atoms with van der Waals surface area (Å²) in [5, 5.41) is 11.1. The summed E-state index contributed by atoms with van der Waals surface area (Å²) < 4.78 is 12.6. The molecule has 1 aliphatic heterocycles. The van der Waals surface area contributed by atoms with Gasteiger partial charge in [0, 0.05) is 24.9 Å². The number of methoxy groups -OCH3 is 2. The van der Waals surface area contributed by atoms with Gasteiger partial charge in [-0.3, -0.25) is 9.69 Å². The Morgan fingerprint density at radius 1 is 1.03 bits per heavy atom. The number of aryl methyl sites for hydroxylation is 1. The van der Waals surface area contributed by atoms with E-state index in [1.165, 1.54) is 5.56 Å². The Bertz CT molecular complexity index is 1170. The van der Waals surface area contributed by atoms with E-state index in [1.54, 1.807) is 24.9 Å². The lowest BCUT2D eigenvalue weighted by molar-refractivity contribution is 0.146. The van der Waals surface area contributed by atoms with Crippen molar-refractivity contribution in [2.45, 2.75) is 38.8 Å². The number of benzene rings is 2. The first-order chi connectivity index (χ1) is 17.0. The van der Waals surface area contributed by atoms with Crippen LogP contribution in [0.3, 0.4) is 0 Å². The molecule has 0 bridgehead atoms. The molecule has 0 aliphatic carbocycles. The number of piperidine rings is 1. The predicted molar refractivity (Wildman–Crippen MR) is 138 cm³/mol. The van der Waals surface area contributed by atoms with Gasteiger partial charge in [-0.1, -0.05) is 48.5 Å². The molecule has 35 heavy (non-hydrogen) atoms. The monoisotopic (exact) mass is 476 g/mol. The Balaban J connectivity index is 1.70. The van der Waals surface area contributed by atoms with Gasteiger partial charge in [-0.05, 0) is 62.9 Å². The van der Waals surface area contributed by atoms with Crippen LogP contribution in [0.5, 0.6) is 11.5 Å². The molecule has 1 aromatic heterocycles. The molecule has 6 heteroatoms. The zero-order chi connectivity index (χ0) is 24.8. The Morgan fingerprint density at radius 2 is 1.71 bits per heavy atom. The maximum atomic E-state index is 13.8. The highest BCUT2D eigenvalue weighted by molar-refractivity contribution is 5.46. The molecule has 1 saturated heterocycles. The number of nitrogens with zero attached hydrogens (tertiary/aromatic N) is 2. The summed E-state index contributed by atoms with van der Waals surface area (Å²) in [5.74, 6) is 1.34. The van der Waals surface area contributed by atoms with E-state index in [1.807, 2.05) is 31.2 Å². The molecule has 3 aromatic rings. The summed E-state index contributed by atoms with van der Waals surface area (Å²) in [7, 11) is 3.27. The topological polar surface area (TPSA) is 63.9 Å².